The Kier molecular flexibility index (Phi) is 7.86. The van der Waals surface area contributed by atoms with E-state index in [4.69, 9.17) is 13.0 Å². The molecular formula is C27H36N2O2. The lowest BCUT2D eigenvalue weighted by molar-refractivity contribution is 0.168. The third-order valence-corrected chi connectivity index (χ3v) is 4.73. The van der Waals surface area contributed by atoms with Gasteiger partial charge in [-0.3, -0.25) is 0 Å². The first kappa shape index (κ1) is 17.0. The van der Waals surface area contributed by atoms with Crippen LogP contribution in [0.3, 0.4) is 0 Å². The van der Waals surface area contributed by atoms with Gasteiger partial charge in [0.2, 0.25) is 0 Å². The average Bonchev–Trinajstić information content (AvgIpc) is 2.85. The van der Waals surface area contributed by atoms with Gasteiger partial charge in [-0.15, -0.1) is 0 Å². The maximum atomic E-state index is 9.69. The molecule has 3 aromatic carbocycles. The van der Waals surface area contributed by atoms with Crippen LogP contribution in [-0.4, -0.2) is 32.1 Å². The summed E-state index contributed by atoms with van der Waals surface area (Å²) < 4.78 is 48.4. The van der Waals surface area contributed by atoms with Crippen LogP contribution in [0, 0.1) is 6.92 Å². The molecule has 0 amide bonds. The molecule has 4 nitrogen and oxygen atoms in total. The Labute approximate surface area is 195 Å². The minimum Gasteiger partial charge on any atom is -0.486 e. The van der Waals surface area contributed by atoms with Crippen molar-refractivity contribution in [2.24, 2.45) is 0 Å². The number of ether oxygens (including phenoxy) is 1. The molecule has 0 heterocycles. The van der Waals surface area contributed by atoms with E-state index in [0.717, 1.165) is 16.9 Å². The maximum Gasteiger partial charge on any atom is 0.125 e. The summed E-state index contributed by atoms with van der Waals surface area (Å²) >= 11 is 0. The van der Waals surface area contributed by atoms with Gasteiger partial charge in [-0.05, 0) is 63.6 Å². The van der Waals surface area contributed by atoms with Crippen molar-refractivity contribution in [1.29, 1.82) is 0 Å². The highest BCUT2D eigenvalue weighted by molar-refractivity contribution is 5.28. The smallest absolute Gasteiger partial charge is 0.125 e. The molecule has 31 heavy (non-hydrogen) atoms. The molecule has 0 fully saturated rings. The zero-order valence-electron chi connectivity index (χ0n) is 23.9. The highest BCUT2D eigenvalue weighted by Gasteiger charge is 2.12. The summed E-state index contributed by atoms with van der Waals surface area (Å²) in [6.45, 7) is -1.59. The van der Waals surface area contributed by atoms with Crippen LogP contribution in [0.4, 0.5) is 0 Å². The minimum atomic E-state index is -2.13. The van der Waals surface area contributed by atoms with Crippen LogP contribution in [0.5, 0.6) is 5.75 Å². The number of hydrogen-bond donors (Lipinski definition) is 3. The summed E-state index contributed by atoms with van der Waals surface area (Å²) in [4.78, 5) is 0. The summed E-state index contributed by atoms with van der Waals surface area (Å²) in [6.07, 6.45) is 0.179. The fourth-order valence-electron chi connectivity index (χ4n) is 3.00. The molecule has 0 spiro atoms. The van der Waals surface area contributed by atoms with Gasteiger partial charge in [-0.25, -0.2) is 0 Å². The second kappa shape index (κ2) is 14.4. The molecule has 3 rings (SSSR count). The third-order valence-electron chi connectivity index (χ3n) is 4.73. The number of benzene rings is 3. The lowest BCUT2D eigenvalue weighted by Crippen LogP contribution is -2.16. The summed E-state index contributed by atoms with van der Waals surface area (Å²) in [5.74, 6) is 0.785. The molecular weight excluding hydrogens is 384 g/mol. The number of rotatable bonds is 10. The van der Waals surface area contributed by atoms with Crippen LogP contribution in [0.2, 0.25) is 0 Å². The van der Waals surface area contributed by atoms with E-state index in [0.29, 0.717) is 19.4 Å². The SMILES string of the molecule is [2H]C([2H])([2H])NCCC(O)c1ccccc1.[2H]C([2H])([2H])NCCC(Oc1ccc(C)cc1)c1ccccc1. The van der Waals surface area contributed by atoms with Crippen LogP contribution in [0.15, 0.2) is 84.9 Å². The number of aryl methyl sites for hydroxylation is 1. The highest BCUT2D eigenvalue weighted by Crippen LogP contribution is 2.24. The Hall–Kier alpha value is -2.66. The van der Waals surface area contributed by atoms with Crippen LogP contribution in [-0.2, 0) is 0 Å². The zero-order chi connectivity index (χ0) is 27.3. The van der Waals surface area contributed by atoms with Crippen LogP contribution >= 0.6 is 0 Å². The van der Waals surface area contributed by atoms with Crippen LogP contribution < -0.4 is 15.4 Å². The monoisotopic (exact) mass is 426 g/mol. The Morgan fingerprint density at radius 2 is 1.32 bits per heavy atom. The van der Waals surface area contributed by atoms with Crippen molar-refractivity contribution < 1.29 is 18.1 Å². The number of aliphatic hydroxyl groups excluding tert-OH is 1. The van der Waals surface area contributed by atoms with Gasteiger partial charge in [0, 0.05) is 14.6 Å². The number of hydrogen-bond acceptors (Lipinski definition) is 4. The van der Waals surface area contributed by atoms with Gasteiger partial charge in [0.05, 0.1) is 6.10 Å². The fraction of sp³-hybridized carbons (Fsp3) is 0.333. The van der Waals surface area contributed by atoms with Crippen molar-refractivity contribution >= 4 is 0 Å². The first-order chi connectivity index (χ1) is 17.4. The van der Waals surface area contributed by atoms with E-state index < -0.39 is 20.1 Å². The molecule has 0 aliphatic carbocycles. The summed E-state index contributed by atoms with van der Waals surface area (Å²) in [5.41, 5.74) is 3.02. The lowest BCUT2D eigenvalue weighted by atomic mass is 10.1. The molecule has 4 heteroatoms. The standard InChI is InChI=1S/C17H21NO.C10H15NO/c1-14-8-10-16(11-9-14)19-17(12-13-18-2)15-6-4-3-5-7-15;1-11-8-7-10(12)9-5-3-2-4-6-9/h3-11,17-18H,12-13H2,1-2H3;2-6,10-12H,7-8H2,1H3/i2D3;1D3. The first-order valence-corrected chi connectivity index (χ1v) is 10.4. The Bertz CT molecular complexity index is 1010. The topological polar surface area (TPSA) is 53.5 Å². The predicted molar refractivity (Wildman–Crippen MR) is 129 cm³/mol. The first-order valence-electron chi connectivity index (χ1n) is 13.4. The summed E-state index contributed by atoms with van der Waals surface area (Å²) in [7, 11) is 0. The van der Waals surface area contributed by atoms with Gasteiger partial charge in [0.15, 0.2) is 0 Å². The average molecular weight is 427 g/mol. The summed E-state index contributed by atoms with van der Waals surface area (Å²) in [5, 5.41) is 14.6. The van der Waals surface area contributed by atoms with Crippen molar-refractivity contribution in [3.63, 3.8) is 0 Å². The van der Waals surface area contributed by atoms with Crippen LogP contribution in [0.25, 0.3) is 0 Å². The number of aliphatic hydroxyl groups is 1. The molecule has 0 bridgehead atoms. The largest absolute Gasteiger partial charge is 0.486 e. The molecule has 0 aliphatic rings. The second-order valence-corrected chi connectivity index (χ2v) is 7.19. The Balaban J connectivity index is 0.000000281. The molecule has 3 aromatic rings. The molecule has 0 saturated carbocycles. The van der Waals surface area contributed by atoms with Gasteiger partial charge in [-0.1, -0.05) is 78.4 Å². The van der Waals surface area contributed by atoms with E-state index in [-0.39, 0.29) is 12.6 Å². The van der Waals surface area contributed by atoms with Gasteiger partial charge >= 0.3 is 0 Å². The zero-order valence-corrected chi connectivity index (χ0v) is 17.9. The van der Waals surface area contributed by atoms with Crippen LogP contribution in [0.1, 0.15) is 50.0 Å². The van der Waals surface area contributed by atoms with E-state index in [1.807, 2.05) is 91.9 Å². The molecule has 166 valence electrons. The third kappa shape index (κ3) is 9.35. The Morgan fingerprint density at radius 1 is 0.774 bits per heavy atom. The van der Waals surface area contributed by atoms with E-state index >= 15 is 0 Å². The van der Waals surface area contributed by atoms with Gasteiger partial charge < -0.3 is 20.5 Å². The van der Waals surface area contributed by atoms with E-state index in [1.165, 1.54) is 5.56 Å². The molecule has 2 unspecified atom stereocenters. The molecule has 0 saturated heterocycles. The van der Waals surface area contributed by atoms with Gasteiger partial charge in [0.1, 0.15) is 11.9 Å². The van der Waals surface area contributed by atoms with Crippen molar-refractivity contribution in [3.8, 4) is 5.75 Å². The highest BCUT2D eigenvalue weighted by atomic mass is 16.5. The number of nitrogens with one attached hydrogen (secondary N) is 2. The lowest BCUT2D eigenvalue weighted by Gasteiger charge is -2.19. The van der Waals surface area contributed by atoms with Crippen molar-refractivity contribution in [2.75, 3.05) is 27.0 Å². The maximum absolute atomic E-state index is 9.69. The van der Waals surface area contributed by atoms with Gasteiger partial charge in [-0.2, -0.15) is 0 Å². The normalized spacial score (nSPS) is 16.1. The van der Waals surface area contributed by atoms with Crippen molar-refractivity contribution in [2.45, 2.75) is 32.0 Å². The molecule has 3 N–H and O–H groups in total. The van der Waals surface area contributed by atoms with Crippen molar-refractivity contribution in [3.05, 3.63) is 102 Å². The summed E-state index contributed by atoms with van der Waals surface area (Å²) in [6, 6.07) is 26.9. The molecule has 2 atom stereocenters. The second-order valence-electron chi connectivity index (χ2n) is 7.19. The minimum absolute atomic E-state index is 0.182. The van der Waals surface area contributed by atoms with E-state index in [9.17, 15) is 5.11 Å². The molecule has 0 radical (unpaired) electrons. The Morgan fingerprint density at radius 3 is 1.90 bits per heavy atom. The van der Waals surface area contributed by atoms with E-state index in [1.54, 1.807) is 0 Å². The van der Waals surface area contributed by atoms with E-state index in [2.05, 4.69) is 10.6 Å². The fourth-order valence-corrected chi connectivity index (χ4v) is 3.00. The molecule has 0 aliphatic heterocycles. The van der Waals surface area contributed by atoms with Crippen molar-refractivity contribution in [1.82, 2.24) is 10.6 Å². The molecule has 0 aromatic heterocycles. The quantitative estimate of drug-likeness (QED) is 0.424. The predicted octanol–water partition coefficient (Wildman–Crippen LogP) is 5.05. The van der Waals surface area contributed by atoms with Gasteiger partial charge in [0.25, 0.3) is 0 Å².